The van der Waals surface area contributed by atoms with Crippen LogP contribution < -0.4 is 5.73 Å². The van der Waals surface area contributed by atoms with Crippen LogP contribution in [-0.4, -0.2) is 9.97 Å². The van der Waals surface area contributed by atoms with Gasteiger partial charge in [0.1, 0.15) is 5.01 Å². The van der Waals surface area contributed by atoms with Crippen molar-refractivity contribution in [2.75, 3.05) is 0 Å². The summed E-state index contributed by atoms with van der Waals surface area (Å²) in [6.45, 7) is 2.07. The van der Waals surface area contributed by atoms with Crippen LogP contribution in [0.2, 0.25) is 0 Å². The van der Waals surface area contributed by atoms with Crippen LogP contribution in [0.5, 0.6) is 0 Å². The largest absolute Gasteiger partial charge is 0.393 e. The van der Waals surface area contributed by atoms with Gasteiger partial charge in [0.25, 0.3) is 0 Å². The molecular weight excluding hydrogens is 324 g/mol. The lowest BCUT2D eigenvalue weighted by molar-refractivity contribution is 1.23. The Bertz CT molecular complexity index is 530. The van der Waals surface area contributed by atoms with Crippen LogP contribution in [0.1, 0.15) is 9.88 Å². The summed E-state index contributed by atoms with van der Waals surface area (Å²) in [5, 5.41) is 3.05. The van der Waals surface area contributed by atoms with Crippen molar-refractivity contribution in [2.24, 2.45) is 5.73 Å². The van der Waals surface area contributed by atoms with E-state index in [0.29, 0.717) is 11.4 Å². The summed E-state index contributed by atoms with van der Waals surface area (Å²) in [4.78, 5) is 7.45. The molecule has 0 unspecified atom stereocenters. The first-order valence-electron chi connectivity index (χ1n) is 4.55. The van der Waals surface area contributed by atoms with E-state index < -0.39 is 0 Å². The second-order valence-electron chi connectivity index (χ2n) is 3.28. The number of nitrogens with zero attached hydrogens (tertiary/aromatic N) is 1. The van der Waals surface area contributed by atoms with Crippen LogP contribution >= 0.6 is 50.8 Å². The van der Waals surface area contributed by atoms with E-state index in [-0.39, 0.29) is 0 Å². The summed E-state index contributed by atoms with van der Waals surface area (Å²) in [5.74, 6) is 0. The van der Waals surface area contributed by atoms with Gasteiger partial charge >= 0.3 is 0 Å². The molecule has 16 heavy (non-hydrogen) atoms. The number of halogens is 1. The number of hydrogen-bond acceptors (Lipinski definition) is 4. The Morgan fingerprint density at radius 1 is 1.62 bits per heavy atom. The van der Waals surface area contributed by atoms with Crippen molar-refractivity contribution in [3.8, 4) is 10.6 Å². The first kappa shape index (κ1) is 12.2. The fourth-order valence-corrected chi connectivity index (χ4v) is 4.08. The molecule has 6 heteroatoms. The molecule has 0 aliphatic heterocycles. The van der Waals surface area contributed by atoms with Crippen molar-refractivity contribution in [3.05, 3.63) is 25.8 Å². The van der Waals surface area contributed by atoms with Crippen molar-refractivity contribution in [3.63, 3.8) is 0 Å². The number of thiocarbonyl (C=S) groups is 1. The number of aryl methyl sites for hydroxylation is 1. The molecule has 84 valence electrons. The Hall–Kier alpha value is -0.300. The van der Waals surface area contributed by atoms with Gasteiger partial charge in [0.2, 0.25) is 0 Å². The highest BCUT2D eigenvalue weighted by Gasteiger charge is 2.11. The predicted molar refractivity (Wildman–Crippen MR) is 78.4 cm³/mol. The average molecular weight is 333 g/mol. The van der Waals surface area contributed by atoms with Gasteiger partial charge in [0, 0.05) is 21.2 Å². The lowest BCUT2D eigenvalue weighted by Gasteiger charge is -1.92. The topological polar surface area (TPSA) is 38.9 Å². The quantitative estimate of drug-likeness (QED) is 0.869. The van der Waals surface area contributed by atoms with Crippen LogP contribution in [0.3, 0.4) is 0 Å². The average Bonchev–Trinajstić information content (AvgIpc) is 2.72. The molecule has 2 aromatic heterocycles. The van der Waals surface area contributed by atoms with Crippen LogP contribution in [0.15, 0.2) is 15.9 Å². The van der Waals surface area contributed by atoms with Crippen LogP contribution in [0.25, 0.3) is 10.6 Å². The van der Waals surface area contributed by atoms with Gasteiger partial charge in [-0.15, -0.1) is 22.7 Å². The van der Waals surface area contributed by atoms with Gasteiger partial charge in [-0.05, 0) is 28.9 Å². The van der Waals surface area contributed by atoms with E-state index in [1.54, 1.807) is 22.7 Å². The predicted octanol–water partition coefficient (Wildman–Crippen LogP) is 3.77. The van der Waals surface area contributed by atoms with Gasteiger partial charge in [-0.25, -0.2) is 4.98 Å². The summed E-state index contributed by atoms with van der Waals surface area (Å²) >= 11 is 11.7. The third-order valence-electron chi connectivity index (χ3n) is 1.97. The molecule has 0 bridgehead atoms. The summed E-state index contributed by atoms with van der Waals surface area (Å²) in [6.07, 6.45) is 0.591. The number of rotatable bonds is 3. The molecule has 0 aliphatic rings. The fraction of sp³-hybridized carbons (Fsp3) is 0.200. The number of thiophene rings is 1. The van der Waals surface area contributed by atoms with Crippen molar-refractivity contribution < 1.29 is 0 Å². The maximum Gasteiger partial charge on any atom is 0.100 e. The summed E-state index contributed by atoms with van der Waals surface area (Å²) < 4.78 is 1.09. The highest BCUT2D eigenvalue weighted by atomic mass is 79.9. The minimum atomic E-state index is 0.493. The standard InChI is InChI=1S/C10H9BrN2S3/c1-5-10(7-2-6(11)4-15-7)13-9(16-5)3-8(12)14/h2,4H,3H2,1H3,(H2,12,14). The minimum absolute atomic E-state index is 0.493. The van der Waals surface area contributed by atoms with Gasteiger partial charge in [-0.1, -0.05) is 12.2 Å². The lowest BCUT2D eigenvalue weighted by atomic mass is 10.3. The van der Waals surface area contributed by atoms with Crippen LogP contribution in [0.4, 0.5) is 0 Å². The number of thiazole rings is 1. The van der Waals surface area contributed by atoms with Gasteiger partial charge in [-0.2, -0.15) is 0 Å². The Labute approximate surface area is 116 Å². The first-order valence-corrected chi connectivity index (χ1v) is 7.45. The third kappa shape index (κ3) is 2.68. The number of nitrogens with two attached hydrogens (primary N) is 1. The maximum absolute atomic E-state index is 5.52. The van der Waals surface area contributed by atoms with E-state index in [2.05, 4.69) is 39.3 Å². The van der Waals surface area contributed by atoms with Gasteiger partial charge in [0.15, 0.2) is 0 Å². The summed E-state index contributed by atoms with van der Waals surface area (Å²) in [7, 11) is 0. The molecular formula is C10H9BrN2S3. The summed E-state index contributed by atoms with van der Waals surface area (Å²) in [6, 6.07) is 2.08. The van der Waals surface area contributed by atoms with Crippen molar-refractivity contribution in [1.29, 1.82) is 0 Å². The third-order valence-corrected chi connectivity index (χ3v) is 4.78. The smallest absolute Gasteiger partial charge is 0.100 e. The SMILES string of the molecule is Cc1sc(CC(N)=S)nc1-c1cc(Br)cs1. The van der Waals surface area contributed by atoms with E-state index in [1.165, 1.54) is 9.75 Å². The minimum Gasteiger partial charge on any atom is -0.393 e. The Kier molecular flexibility index (Phi) is 3.73. The fourth-order valence-electron chi connectivity index (χ4n) is 1.34. The van der Waals surface area contributed by atoms with Gasteiger partial charge < -0.3 is 5.73 Å². The zero-order chi connectivity index (χ0) is 11.7. The molecule has 2 nitrogen and oxygen atoms in total. The van der Waals surface area contributed by atoms with Gasteiger partial charge in [0.05, 0.1) is 15.6 Å². The molecule has 0 saturated carbocycles. The van der Waals surface area contributed by atoms with E-state index >= 15 is 0 Å². The number of hydrogen-bond donors (Lipinski definition) is 1. The molecule has 2 aromatic rings. The second kappa shape index (κ2) is 4.91. The molecule has 0 aromatic carbocycles. The van der Waals surface area contributed by atoms with Crippen LogP contribution in [-0.2, 0) is 6.42 Å². The molecule has 2 N–H and O–H groups in total. The normalized spacial score (nSPS) is 10.6. The lowest BCUT2D eigenvalue weighted by Crippen LogP contribution is -2.10. The van der Waals surface area contributed by atoms with E-state index in [1.807, 2.05) is 0 Å². The zero-order valence-electron chi connectivity index (χ0n) is 8.49. The molecule has 0 spiro atoms. The Morgan fingerprint density at radius 3 is 2.94 bits per heavy atom. The molecule has 0 amide bonds. The monoisotopic (exact) mass is 332 g/mol. The van der Waals surface area contributed by atoms with Crippen LogP contribution in [0, 0.1) is 6.92 Å². The van der Waals surface area contributed by atoms with Crippen molar-refractivity contribution in [1.82, 2.24) is 4.98 Å². The highest BCUT2D eigenvalue weighted by molar-refractivity contribution is 9.10. The molecule has 0 radical (unpaired) electrons. The van der Waals surface area contributed by atoms with Gasteiger partial charge in [-0.3, -0.25) is 0 Å². The molecule has 0 fully saturated rings. The molecule has 0 saturated heterocycles. The maximum atomic E-state index is 5.52. The Morgan fingerprint density at radius 2 is 2.38 bits per heavy atom. The first-order chi connectivity index (χ1) is 7.56. The van der Waals surface area contributed by atoms with Crippen molar-refractivity contribution in [2.45, 2.75) is 13.3 Å². The number of aromatic nitrogens is 1. The van der Waals surface area contributed by atoms with E-state index in [9.17, 15) is 0 Å². The molecule has 2 heterocycles. The van der Waals surface area contributed by atoms with E-state index in [4.69, 9.17) is 18.0 Å². The molecule has 2 rings (SSSR count). The molecule has 0 aliphatic carbocycles. The second-order valence-corrected chi connectivity index (χ2v) is 6.92. The zero-order valence-corrected chi connectivity index (χ0v) is 12.5. The summed E-state index contributed by atoms with van der Waals surface area (Å²) in [5.41, 5.74) is 6.57. The molecule has 0 atom stereocenters. The Balaban J connectivity index is 2.35. The van der Waals surface area contributed by atoms with Crippen molar-refractivity contribution >= 4 is 55.8 Å². The van der Waals surface area contributed by atoms with E-state index in [0.717, 1.165) is 15.2 Å². The highest BCUT2D eigenvalue weighted by Crippen LogP contribution is 2.33.